The van der Waals surface area contributed by atoms with Gasteiger partial charge in [-0.15, -0.1) is 11.7 Å². The first kappa shape index (κ1) is 19.1. The zero-order valence-electron chi connectivity index (χ0n) is 13.8. The maximum Gasteiger partial charge on any atom is 0.240 e. The Labute approximate surface area is 149 Å². The van der Waals surface area contributed by atoms with Crippen LogP contribution >= 0.6 is 11.8 Å². The summed E-state index contributed by atoms with van der Waals surface area (Å²) in [5.41, 5.74) is 0.987. The van der Waals surface area contributed by atoms with Gasteiger partial charge in [0.25, 0.3) is 0 Å². The summed E-state index contributed by atoms with van der Waals surface area (Å²) >= 11 is 1.17. The molecule has 0 bridgehead atoms. The molecule has 9 nitrogen and oxygen atoms in total. The van der Waals surface area contributed by atoms with Gasteiger partial charge in [0.05, 0.1) is 17.2 Å². The van der Waals surface area contributed by atoms with Crippen LogP contribution in [-0.2, 0) is 21.4 Å². The lowest BCUT2D eigenvalue weighted by Gasteiger charge is -2.10. The molecule has 25 heavy (non-hydrogen) atoms. The molecule has 0 saturated carbocycles. The SMILES string of the molecule is C=CCn1nnnc1SCC(=O)Nc1ccc(C)c(S(=O)(=O)NC)c1. The highest BCUT2D eigenvalue weighted by Gasteiger charge is 2.16. The normalized spacial score (nSPS) is 11.3. The molecule has 0 saturated heterocycles. The fourth-order valence-electron chi connectivity index (χ4n) is 1.94. The molecule has 0 aliphatic rings. The Morgan fingerprint density at radius 2 is 2.20 bits per heavy atom. The van der Waals surface area contributed by atoms with Gasteiger partial charge in [0, 0.05) is 5.69 Å². The smallest absolute Gasteiger partial charge is 0.240 e. The average molecular weight is 382 g/mol. The predicted molar refractivity (Wildman–Crippen MR) is 94.8 cm³/mol. The van der Waals surface area contributed by atoms with Crippen LogP contribution in [0.15, 0.2) is 40.9 Å². The minimum Gasteiger partial charge on any atom is -0.325 e. The Bertz CT molecular complexity index is 878. The van der Waals surface area contributed by atoms with Crippen molar-refractivity contribution < 1.29 is 13.2 Å². The average Bonchev–Trinajstić information content (AvgIpc) is 3.02. The zero-order valence-corrected chi connectivity index (χ0v) is 15.4. The minimum atomic E-state index is -3.59. The summed E-state index contributed by atoms with van der Waals surface area (Å²) in [5.74, 6) is -0.214. The molecular formula is C14H18N6O3S2. The summed E-state index contributed by atoms with van der Waals surface area (Å²) in [5, 5.41) is 14.3. The van der Waals surface area contributed by atoms with Gasteiger partial charge in [0.1, 0.15) is 0 Å². The van der Waals surface area contributed by atoms with E-state index in [9.17, 15) is 13.2 Å². The number of aryl methyl sites for hydroxylation is 1. The predicted octanol–water partition coefficient (Wildman–Crippen LogP) is 0.806. The van der Waals surface area contributed by atoms with Crippen LogP contribution in [0.2, 0.25) is 0 Å². The van der Waals surface area contributed by atoms with Crippen molar-refractivity contribution in [2.24, 2.45) is 0 Å². The van der Waals surface area contributed by atoms with E-state index in [1.165, 1.54) is 29.6 Å². The topological polar surface area (TPSA) is 119 Å². The number of tetrazole rings is 1. The number of benzene rings is 1. The first-order chi connectivity index (χ1) is 11.9. The van der Waals surface area contributed by atoms with Crippen molar-refractivity contribution in [2.75, 3.05) is 18.1 Å². The fourth-order valence-corrected chi connectivity index (χ4v) is 3.62. The van der Waals surface area contributed by atoms with Crippen LogP contribution in [0.5, 0.6) is 0 Å². The highest BCUT2D eigenvalue weighted by molar-refractivity contribution is 7.99. The molecule has 2 N–H and O–H groups in total. The van der Waals surface area contributed by atoms with Crippen molar-refractivity contribution in [3.8, 4) is 0 Å². The van der Waals surface area contributed by atoms with E-state index in [4.69, 9.17) is 0 Å². The summed E-state index contributed by atoms with van der Waals surface area (Å²) in [6.45, 7) is 5.74. The summed E-state index contributed by atoms with van der Waals surface area (Å²) < 4.78 is 27.7. The highest BCUT2D eigenvalue weighted by Crippen LogP contribution is 2.20. The highest BCUT2D eigenvalue weighted by atomic mass is 32.2. The molecule has 1 heterocycles. The van der Waals surface area contributed by atoms with E-state index in [1.807, 2.05) is 0 Å². The molecule has 1 aromatic heterocycles. The molecule has 0 aliphatic carbocycles. The number of aromatic nitrogens is 4. The lowest BCUT2D eigenvalue weighted by Crippen LogP contribution is -2.20. The fraction of sp³-hybridized carbons (Fsp3) is 0.286. The molecule has 0 aliphatic heterocycles. The number of allylic oxidation sites excluding steroid dienone is 1. The molecule has 134 valence electrons. The first-order valence-electron chi connectivity index (χ1n) is 7.21. The Morgan fingerprint density at radius 3 is 2.88 bits per heavy atom. The summed E-state index contributed by atoms with van der Waals surface area (Å²) in [7, 11) is -2.26. The van der Waals surface area contributed by atoms with Gasteiger partial charge in [-0.1, -0.05) is 23.9 Å². The van der Waals surface area contributed by atoms with Gasteiger partial charge in [-0.3, -0.25) is 4.79 Å². The van der Waals surface area contributed by atoms with Gasteiger partial charge < -0.3 is 5.32 Å². The number of carbonyl (C=O) groups is 1. The number of rotatable bonds is 8. The van der Waals surface area contributed by atoms with Crippen molar-refractivity contribution in [1.82, 2.24) is 24.9 Å². The quantitative estimate of drug-likeness (QED) is 0.512. The molecule has 0 spiro atoms. The minimum absolute atomic E-state index is 0.0828. The van der Waals surface area contributed by atoms with Crippen molar-refractivity contribution in [3.05, 3.63) is 36.4 Å². The van der Waals surface area contributed by atoms with E-state index < -0.39 is 10.0 Å². The summed E-state index contributed by atoms with van der Waals surface area (Å²) in [6, 6.07) is 4.71. The van der Waals surface area contributed by atoms with Gasteiger partial charge in [0.15, 0.2) is 0 Å². The Morgan fingerprint density at radius 1 is 1.44 bits per heavy atom. The second-order valence-corrected chi connectivity index (χ2v) is 7.75. The van der Waals surface area contributed by atoms with Crippen LogP contribution in [-0.4, -0.2) is 47.3 Å². The zero-order chi connectivity index (χ0) is 18.4. The second-order valence-electron chi connectivity index (χ2n) is 4.96. The Balaban J connectivity index is 2.04. The molecule has 1 aromatic carbocycles. The maximum atomic E-state index is 12.1. The molecule has 11 heteroatoms. The van der Waals surface area contributed by atoms with Gasteiger partial charge >= 0.3 is 0 Å². The molecule has 0 radical (unpaired) electrons. The largest absolute Gasteiger partial charge is 0.325 e. The van der Waals surface area contributed by atoms with Crippen LogP contribution in [0.4, 0.5) is 5.69 Å². The van der Waals surface area contributed by atoms with E-state index in [1.54, 1.807) is 25.1 Å². The van der Waals surface area contributed by atoms with E-state index in [2.05, 4.69) is 32.1 Å². The number of hydrogen-bond acceptors (Lipinski definition) is 7. The van der Waals surface area contributed by atoms with Crippen LogP contribution in [0.1, 0.15) is 5.56 Å². The van der Waals surface area contributed by atoms with Crippen molar-refractivity contribution in [2.45, 2.75) is 23.5 Å². The van der Waals surface area contributed by atoms with E-state index in [0.29, 0.717) is 23.0 Å². The molecular weight excluding hydrogens is 364 g/mol. The molecule has 2 rings (SSSR count). The first-order valence-corrected chi connectivity index (χ1v) is 9.68. The van der Waals surface area contributed by atoms with Crippen molar-refractivity contribution in [1.29, 1.82) is 0 Å². The number of amides is 1. The molecule has 2 aromatic rings. The number of nitrogens with zero attached hydrogens (tertiary/aromatic N) is 4. The van der Waals surface area contributed by atoms with Crippen molar-refractivity contribution in [3.63, 3.8) is 0 Å². The molecule has 0 unspecified atom stereocenters. The van der Waals surface area contributed by atoms with Gasteiger partial charge in [-0.25, -0.2) is 17.8 Å². The van der Waals surface area contributed by atoms with Gasteiger partial charge in [-0.05, 0) is 42.1 Å². The number of carbonyl (C=O) groups excluding carboxylic acids is 1. The number of thioether (sulfide) groups is 1. The maximum absolute atomic E-state index is 12.1. The number of nitrogens with one attached hydrogen (secondary N) is 2. The lowest BCUT2D eigenvalue weighted by atomic mass is 10.2. The Hall–Kier alpha value is -2.24. The van der Waals surface area contributed by atoms with E-state index in [-0.39, 0.29) is 16.6 Å². The van der Waals surface area contributed by atoms with Gasteiger partial charge in [0.2, 0.25) is 21.1 Å². The Kier molecular flexibility index (Phi) is 6.28. The van der Waals surface area contributed by atoms with Crippen LogP contribution < -0.4 is 10.0 Å². The third-order valence-electron chi connectivity index (χ3n) is 3.16. The standard InChI is InChI=1S/C14H18N6O3S2/c1-4-7-20-14(17-18-19-20)24-9-13(21)16-11-6-5-10(2)12(8-11)25(22,23)15-3/h4-6,8,15H,1,7,9H2,2-3H3,(H,16,21). The number of anilines is 1. The number of sulfonamides is 1. The summed E-state index contributed by atoms with van der Waals surface area (Å²) in [6.07, 6.45) is 1.65. The molecule has 1 amide bonds. The third-order valence-corrected chi connectivity index (χ3v) is 5.68. The third kappa shape index (κ3) is 4.87. The monoisotopic (exact) mass is 382 g/mol. The second kappa shape index (κ2) is 8.23. The van der Waals surface area contributed by atoms with E-state index in [0.717, 1.165) is 0 Å². The van der Waals surface area contributed by atoms with Crippen LogP contribution in [0.3, 0.4) is 0 Å². The van der Waals surface area contributed by atoms with E-state index >= 15 is 0 Å². The molecule has 0 atom stereocenters. The van der Waals surface area contributed by atoms with Gasteiger partial charge in [-0.2, -0.15) is 0 Å². The van der Waals surface area contributed by atoms with Crippen molar-refractivity contribution >= 4 is 33.4 Å². The van der Waals surface area contributed by atoms with Crippen LogP contribution in [0, 0.1) is 6.92 Å². The lowest BCUT2D eigenvalue weighted by molar-refractivity contribution is -0.113. The summed E-state index contributed by atoms with van der Waals surface area (Å²) in [4.78, 5) is 12.2. The number of hydrogen-bond donors (Lipinski definition) is 2. The molecule has 0 fully saturated rings. The van der Waals surface area contributed by atoms with Crippen LogP contribution in [0.25, 0.3) is 0 Å².